The second-order valence-corrected chi connectivity index (χ2v) is 6.76. The zero-order valence-electron chi connectivity index (χ0n) is 12.8. The minimum Gasteiger partial charge on any atom is -0.315 e. The first-order valence-electron chi connectivity index (χ1n) is 7.55. The molecule has 0 heterocycles. The Bertz CT molecular complexity index is 373. The van der Waals surface area contributed by atoms with E-state index in [4.69, 9.17) is 11.6 Å². The number of halogens is 1. The first kappa shape index (κ1) is 19.2. The van der Waals surface area contributed by atoms with Gasteiger partial charge in [0.15, 0.2) is 0 Å². The van der Waals surface area contributed by atoms with Crippen LogP contribution in [0.5, 0.6) is 0 Å². The first-order chi connectivity index (χ1) is 10.2. The highest BCUT2D eigenvalue weighted by molar-refractivity contribution is 7.80. The summed E-state index contributed by atoms with van der Waals surface area (Å²) in [5, 5.41) is 4.20. The Morgan fingerprint density at radius 3 is 2.43 bits per heavy atom. The number of hydrogen-bond donors (Lipinski definition) is 3. The highest BCUT2D eigenvalue weighted by Gasteiger charge is 2.10. The van der Waals surface area contributed by atoms with Crippen LogP contribution < -0.4 is 5.32 Å². The van der Waals surface area contributed by atoms with Crippen molar-refractivity contribution in [2.24, 2.45) is 5.92 Å². The molecule has 2 nitrogen and oxygen atoms in total. The fourth-order valence-corrected chi connectivity index (χ4v) is 2.97. The summed E-state index contributed by atoms with van der Waals surface area (Å²) in [5.74, 6) is 2.41. The minimum absolute atomic E-state index is 0.621. The number of nitrogens with one attached hydrogen (secondary N) is 1. The molecule has 0 aliphatic heterocycles. The molecule has 0 spiro atoms. The van der Waals surface area contributed by atoms with Crippen molar-refractivity contribution in [2.45, 2.75) is 13.3 Å². The zero-order valence-corrected chi connectivity index (χ0v) is 15.3. The van der Waals surface area contributed by atoms with Crippen molar-refractivity contribution in [3.05, 3.63) is 34.9 Å². The lowest BCUT2D eigenvalue weighted by atomic mass is 10.0. The van der Waals surface area contributed by atoms with Gasteiger partial charge in [0, 0.05) is 49.3 Å². The monoisotopic (exact) mass is 346 g/mol. The molecule has 0 amide bonds. The van der Waals surface area contributed by atoms with Crippen LogP contribution in [-0.2, 0) is 6.42 Å². The molecular weight excluding hydrogens is 320 g/mol. The topological polar surface area (TPSA) is 15.3 Å². The Hall–Kier alpha value is 0.130. The molecule has 1 rings (SSSR count). The molecule has 0 aliphatic rings. The van der Waals surface area contributed by atoms with Gasteiger partial charge < -0.3 is 10.2 Å². The third kappa shape index (κ3) is 8.99. The Balaban J connectivity index is 2.36. The van der Waals surface area contributed by atoms with E-state index >= 15 is 0 Å². The average Bonchev–Trinajstić information content (AvgIpc) is 2.46. The number of thiol groups is 2. The molecule has 1 aromatic rings. The van der Waals surface area contributed by atoms with Crippen molar-refractivity contribution in [2.75, 3.05) is 44.2 Å². The van der Waals surface area contributed by atoms with E-state index in [1.165, 1.54) is 5.56 Å². The summed E-state index contributed by atoms with van der Waals surface area (Å²) in [4.78, 5) is 2.49. The Morgan fingerprint density at radius 2 is 1.81 bits per heavy atom. The van der Waals surface area contributed by atoms with Gasteiger partial charge in [0.25, 0.3) is 0 Å². The molecule has 1 unspecified atom stereocenters. The van der Waals surface area contributed by atoms with Gasteiger partial charge in [-0.05, 0) is 30.0 Å². The molecule has 0 radical (unpaired) electrons. The van der Waals surface area contributed by atoms with Crippen LogP contribution in [0.2, 0.25) is 5.02 Å². The maximum atomic E-state index is 5.93. The maximum absolute atomic E-state index is 5.93. The molecule has 1 atom stereocenters. The van der Waals surface area contributed by atoms with Gasteiger partial charge in [-0.15, -0.1) is 0 Å². The van der Waals surface area contributed by atoms with Crippen molar-refractivity contribution in [1.29, 1.82) is 0 Å². The molecule has 0 saturated carbocycles. The normalized spacial score (nSPS) is 12.8. The molecule has 0 bridgehead atoms. The highest BCUT2D eigenvalue weighted by Crippen LogP contribution is 2.14. The number of rotatable bonds is 11. The van der Waals surface area contributed by atoms with Crippen LogP contribution in [0.4, 0.5) is 0 Å². The molecule has 0 saturated heterocycles. The van der Waals surface area contributed by atoms with Gasteiger partial charge >= 0.3 is 0 Å². The first-order valence-corrected chi connectivity index (χ1v) is 9.19. The van der Waals surface area contributed by atoms with Gasteiger partial charge in [-0.3, -0.25) is 0 Å². The molecule has 5 heteroatoms. The van der Waals surface area contributed by atoms with E-state index in [-0.39, 0.29) is 0 Å². The summed E-state index contributed by atoms with van der Waals surface area (Å²) in [5.41, 5.74) is 1.35. The average molecular weight is 347 g/mol. The fourth-order valence-electron chi connectivity index (χ4n) is 2.41. The van der Waals surface area contributed by atoms with Crippen molar-refractivity contribution in [1.82, 2.24) is 10.2 Å². The second kappa shape index (κ2) is 11.7. The molecule has 0 aromatic heterocycles. The molecule has 1 N–H and O–H groups in total. The predicted molar refractivity (Wildman–Crippen MR) is 101 cm³/mol. The lowest BCUT2D eigenvalue weighted by Crippen LogP contribution is -2.37. The zero-order chi connectivity index (χ0) is 15.5. The lowest BCUT2D eigenvalue weighted by Gasteiger charge is -2.25. The number of hydrogen-bond acceptors (Lipinski definition) is 4. The van der Waals surface area contributed by atoms with Gasteiger partial charge in [0.1, 0.15) is 0 Å². The van der Waals surface area contributed by atoms with Crippen LogP contribution in [-0.4, -0.2) is 49.1 Å². The third-order valence-corrected chi connectivity index (χ3v) is 4.05. The Labute approximate surface area is 145 Å². The molecule has 0 fully saturated rings. The van der Waals surface area contributed by atoms with Crippen molar-refractivity contribution < 1.29 is 0 Å². The maximum Gasteiger partial charge on any atom is 0.0406 e. The van der Waals surface area contributed by atoms with Gasteiger partial charge in [-0.1, -0.05) is 30.7 Å². The summed E-state index contributed by atoms with van der Waals surface area (Å²) in [7, 11) is 0. The molecular formula is C16H27ClN2S2. The molecule has 1 aromatic carbocycles. The standard InChI is InChI=1S/C16H27ClN2S2/c1-14(12-15-2-4-16(17)5-3-15)13-19(9-11-21)8-6-18-7-10-20/h2-5,14,18,20-21H,6-13H2,1H3. The molecule has 0 aliphatic carbocycles. The van der Waals surface area contributed by atoms with E-state index < -0.39 is 0 Å². The highest BCUT2D eigenvalue weighted by atomic mass is 35.5. The van der Waals surface area contributed by atoms with E-state index in [1.54, 1.807) is 0 Å². The van der Waals surface area contributed by atoms with E-state index in [9.17, 15) is 0 Å². The summed E-state index contributed by atoms with van der Waals surface area (Å²) in [6.07, 6.45) is 1.09. The van der Waals surface area contributed by atoms with Gasteiger partial charge in [-0.2, -0.15) is 25.3 Å². The van der Waals surface area contributed by atoms with Gasteiger partial charge in [-0.25, -0.2) is 0 Å². The van der Waals surface area contributed by atoms with E-state index in [1.807, 2.05) is 12.1 Å². The summed E-state index contributed by atoms with van der Waals surface area (Å²) in [6.45, 7) is 7.50. The minimum atomic E-state index is 0.621. The van der Waals surface area contributed by atoms with Crippen molar-refractivity contribution >= 4 is 36.9 Å². The lowest BCUT2D eigenvalue weighted by molar-refractivity contribution is 0.250. The summed E-state index contributed by atoms with van der Waals surface area (Å²) < 4.78 is 0. The van der Waals surface area contributed by atoms with Crippen LogP contribution in [0.1, 0.15) is 12.5 Å². The summed E-state index contributed by atoms with van der Waals surface area (Å²) in [6, 6.07) is 8.18. The number of nitrogens with zero attached hydrogens (tertiary/aromatic N) is 1. The predicted octanol–water partition coefficient (Wildman–Crippen LogP) is 3.27. The molecule has 21 heavy (non-hydrogen) atoms. The quantitative estimate of drug-likeness (QED) is 0.421. The van der Waals surface area contributed by atoms with E-state index in [2.05, 4.69) is 54.5 Å². The van der Waals surface area contributed by atoms with Crippen molar-refractivity contribution in [3.8, 4) is 0 Å². The summed E-state index contributed by atoms with van der Waals surface area (Å²) >= 11 is 14.5. The van der Waals surface area contributed by atoms with Crippen LogP contribution >= 0.6 is 36.9 Å². The van der Waals surface area contributed by atoms with E-state index in [0.29, 0.717) is 5.92 Å². The smallest absolute Gasteiger partial charge is 0.0406 e. The largest absolute Gasteiger partial charge is 0.315 e. The van der Waals surface area contributed by atoms with Gasteiger partial charge in [0.2, 0.25) is 0 Å². The van der Waals surface area contributed by atoms with E-state index in [0.717, 1.165) is 55.7 Å². The van der Waals surface area contributed by atoms with Gasteiger partial charge in [0.05, 0.1) is 0 Å². The molecule has 120 valence electrons. The van der Waals surface area contributed by atoms with Crippen LogP contribution in [0, 0.1) is 5.92 Å². The Kier molecular flexibility index (Phi) is 10.7. The second-order valence-electron chi connectivity index (χ2n) is 5.43. The van der Waals surface area contributed by atoms with Crippen LogP contribution in [0.3, 0.4) is 0 Å². The van der Waals surface area contributed by atoms with Crippen molar-refractivity contribution in [3.63, 3.8) is 0 Å². The SMILES string of the molecule is CC(Cc1ccc(Cl)cc1)CN(CCS)CCNCCS. The Morgan fingerprint density at radius 1 is 1.10 bits per heavy atom. The number of benzene rings is 1. The fraction of sp³-hybridized carbons (Fsp3) is 0.625. The third-order valence-electron chi connectivity index (χ3n) is 3.38. The van der Waals surface area contributed by atoms with Crippen LogP contribution in [0.25, 0.3) is 0 Å². The van der Waals surface area contributed by atoms with Crippen LogP contribution in [0.15, 0.2) is 24.3 Å².